The molecule has 1 aromatic rings. The lowest BCUT2D eigenvalue weighted by Gasteiger charge is -2.21. The van der Waals surface area contributed by atoms with Gasteiger partial charge in [-0.15, -0.1) is 0 Å². The fourth-order valence-corrected chi connectivity index (χ4v) is 3.61. The third-order valence-electron chi connectivity index (χ3n) is 4.57. The van der Waals surface area contributed by atoms with Crippen LogP contribution >= 0.6 is 0 Å². The summed E-state index contributed by atoms with van der Waals surface area (Å²) in [6, 6.07) is 2.34. The van der Waals surface area contributed by atoms with Crippen molar-refractivity contribution in [3.63, 3.8) is 0 Å². The van der Waals surface area contributed by atoms with E-state index in [0.29, 0.717) is 12.4 Å². The molecule has 0 aromatic carbocycles. The van der Waals surface area contributed by atoms with Gasteiger partial charge in [-0.3, -0.25) is 4.79 Å². The van der Waals surface area contributed by atoms with E-state index in [1.807, 2.05) is 0 Å². The number of ketones is 1. The van der Waals surface area contributed by atoms with Gasteiger partial charge < -0.3 is 9.30 Å². The molecule has 0 aliphatic heterocycles. The summed E-state index contributed by atoms with van der Waals surface area (Å²) in [5.41, 5.74) is 3.19. The second-order valence-corrected chi connectivity index (χ2v) is 6.16. The van der Waals surface area contributed by atoms with Crippen LogP contribution in [0.5, 0.6) is 0 Å². The molecular weight excluding hydrogens is 250 g/mol. The van der Waals surface area contributed by atoms with Gasteiger partial charge in [-0.2, -0.15) is 0 Å². The van der Waals surface area contributed by atoms with E-state index in [4.69, 9.17) is 4.74 Å². The molecule has 0 amide bonds. The number of methoxy groups -OCH3 is 1. The summed E-state index contributed by atoms with van der Waals surface area (Å²) >= 11 is 0. The van der Waals surface area contributed by atoms with E-state index in [2.05, 4.69) is 31.4 Å². The first-order valence-corrected chi connectivity index (χ1v) is 7.77. The van der Waals surface area contributed by atoms with E-state index >= 15 is 0 Å². The predicted octanol–water partition coefficient (Wildman–Crippen LogP) is 4.08. The Morgan fingerprint density at radius 1 is 1.35 bits per heavy atom. The molecule has 0 radical (unpaired) electrons. The second kappa shape index (κ2) is 6.57. The summed E-state index contributed by atoms with van der Waals surface area (Å²) in [6.45, 7) is 6.96. The molecule has 1 saturated carbocycles. The second-order valence-electron chi connectivity index (χ2n) is 6.16. The number of hydrogen-bond acceptors (Lipinski definition) is 2. The van der Waals surface area contributed by atoms with E-state index in [1.54, 1.807) is 7.11 Å². The minimum atomic E-state index is 0.246. The Hall–Kier alpha value is -1.09. The van der Waals surface area contributed by atoms with Crippen LogP contribution in [0.2, 0.25) is 0 Å². The molecule has 1 unspecified atom stereocenters. The maximum absolute atomic E-state index is 12.7. The normalized spacial score (nSPS) is 18.2. The van der Waals surface area contributed by atoms with E-state index in [-0.39, 0.29) is 12.0 Å². The largest absolute Gasteiger partial charge is 0.383 e. The Morgan fingerprint density at radius 2 is 2.00 bits per heavy atom. The van der Waals surface area contributed by atoms with Crippen molar-refractivity contribution >= 4 is 5.78 Å². The molecule has 3 nitrogen and oxygen atoms in total. The number of nitrogens with zero attached hydrogens (tertiary/aromatic N) is 1. The van der Waals surface area contributed by atoms with Crippen molar-refractivity contribution in [2.45, 2.75) is 58.9 Å². The summed E-state index contributed by atoms with van der Waals surface area (Å²) in [4.78, 5) is 12.7. The van der Waals surface area contributed by atoms with Crippen LogP contribution in [-0.4, -0.2) is 24.1 Å². The van der Waals surface area contributed by atoms with Crippen LogP contribution < -0.4 is 0 Å². The van der Waals surface area contributed by atoms with Crippen LogP contribution in [0.15, 0.2) is 6.07 Å². The molecule has 2 rings (SSSR count). The summed E-state index contributed by atoms with van der Waals surface area (Å²) in [5, 5.41) is 0. The summed E-state index contributed by atoms with van der Waals surface area (Å²) in [5.74, 6) is 0.601. The average Bonchev–Trinajstić information content (AvgIpc) is 2.74. The minimum absolute atomic E-state index is 0.246. The molecule has 0 spiro atoms. The summed E-state index contributed by atoms with van der Waals surface area (Å²) in [6.07, 6.45) is 5.82. The first-order valence-electron chi connectivity index (χ1n) is 7.77. The van der Waals surface area contributed by atoms with Gasteiger partial charge in [0.1, 0.15) is 0 Å². The van der Waals surface area contributed by atoms with Gasteiger partial charge >= 0.3 is 0 Å². The van der Waals surface area contributed by atoms with Crippen LogP contribution in [0.3, 0.4) is 0 Å². The van der Waals surface area contributed by atoms with Crippen molar-refractivity contribution in [1.29, 1.82) is 0 Å². The van der Waals surface area contributed by atoms with Crippen molar-refractivity contribution in [3.8, 4) is 0 Å². The van der Waals surface area contributed by atoms with Gasteiger partial charge in [0.25, 0.3) is 0 Å². The molecule has 112 valence electrons. The summed E-state index contributed by atoms with van der Waals surface area (Å²) < 4.78 is 7.48. The van der Waals surface area contributed by atoms with Gasteiger partial charge in [0.15, 0.2) is 5.78 Å². The standard InChI is InChI=1S/C17H27NO2/c1-12-10-16(14(3)18(12)13(2)11-20-4)17(19)15-8-6-5-7-9-15/h10,13,15H,5-9,11H2,1-4H3. The maximum atomic E-state index is 12.7. The van der Waals surface area contributed by atoms with Gasteiger partial charge in [-0.25, -0.2) is 0 Å². The highest BCUT2D eigenvalue weighted by Crippen LogP contribution is 2.30. The van der Waals surface area contributed by atoms with Gasteiger partial charge in [-0.1, -0.05) is 19.3 Å². The van der Waals surface area contributed by atoms with Gasteiger partial charge in [0.05, 0.1) is 12.6 Å². The zero-order valence-corrected chi connectivity index (χ0v) is 13.2. The molecule has 0 N–H and O–H groups in total. The van der Waals surface area contributed by atoms with Crippen molar-refractivity contribution in [2.75, 3.05) is 13.7 Å². The molecule has 1 atom stereocenters. The number of aromatic nitrogens is 1. The number of Topliss-reactive ketones (excluding diaryl/α,β-unsaturated/α-hetero) is 1. The Morgan fingerprint density at radius 3 is 2.60 bits per heavy atom. The molecule has 20 heavy (non-hydrogen) atoms. The molecule has 1 aliphatic rings. The van der Waals surface area contributed by atoms with Crippen LogP contribution in [0.1, 0.15) is 66.8 Å². The van der Waals surface area contributed by atoms with Crippen molar-refractivity contribution in [1.82, 2.24) is 4.57 Å². The third kappa shape index (κ3) is 2.98. The first kappa shape index (κ1) is 15.3. The Kier molecular flexibility index (Phi) is 5.03. The minimum Gasteiger partial charge on any atom is -0.383 e. The zero-order chi connectivity index (χ0) is 14.7. The molecule has 1 heterocycles. The van der Waals surface area contributed by atoms with E-state index in [9.17, 15) is 4.79 Å². The smallest absolute Gasteiger partial charge is 0.167 e. The fraction of sp³-hybridized carbons (Fsp3) is 0.706. The number of carbonyl (C=O) groups excluding carboxylic acids is 1. The van der Waals surface area contributed by atoms with Crippen molar-refractivity contribution in [3.05, 3.63) is 23.0 Å². The first-order chi connectivity index (χ1) is 9.56. The number of aryl methyl sites for hydroxylation is 1. The highest BCUT2D eigenvalue weighted by atomic mass is 16.5. The van der Waals surface area contributed by atoms with E-state index in [0.717, 1.165) is 29.8 Å². The molecule has 1 aromatic heterocycles. The highest BCUT2D eigenvalue weighted by Gasteiger charge is 2.26. The number of carbonyl (C=O) groups is 1. The molecular formula is C17H27NO2. The van der Waals surface area contributed by atoms with Gasteiger partial charge in [0.2, 0.25) is 0 Å². The monoisotopic (exact) mass is 277 g/mol. The molecule has 1 fully saturated rings. The molecule has 1 aliphatic carbocycles. The zero-order valence-electron chi connectivity index (χ0n) is 13.2. The topological polar surface area (TPSA) is 31.2 Å². The van der Waals surface area contributed by atoms with Crippen LogP contribution in [0.4, 0.5) is 0 Å². The number of rotatable bonds is 5. The lowest BCUT2D eigenvalue weighted by molar-refractivity contribution is 0.0888. The van der Waals surface area contributed by atoms with E-state index < -0.39 is 0 Å². The molecule has 3 heteroatoms. The summed E-state index contributed by atoms with van der Waals surface area (Å²) in [7, 11) is 1.72. The molecule has 0 bridgehead atoms. The number of hydrogen-bond donors (Lipinski definition) is 0. The Labute approximate surface area is 122 Å². The predicted molar refractivity (Wildman–Crippen MR) is 81.4 cm³/mol. The SMILES string of the molecule is COCC(C)n1c(C)cc(C(=O)C2CCCCC2)c1C. The fourth-order valence-electron chi connectivity index (χ4n) is 3.61. The van der Waals surface area contributed by atoms with Crippen molar-refractivity contribution < 1.29 is 9.53 Å². The number of ether oxygens (including phenoxy) is 1. The quantitative estimate of drug-likeness (QED) is 0.759. The lowest BCUT2D eigenvalue weighted by atomic mass is 9.84. The van der Waals surface area contributed by atoms with E-state index in [1.165, 1.54) is 19.3 Å². The molecule has 0 saturated heterocycles. The average molecular weight is 277 g/mol. The van der Waals surface area contributed by atoms with Gasteiger partial charge in [0, 0.05) is 30.0 Å². The van der Waals surface area contributed by atoms with Gasteiger partial charge in [-0.05, 0) is 39.7 Å². The third-order valence-corrected chi connectivity index (χ3v) is 4.57. The van der Waals surface area contributed by atoms with Crippen molar-refractivity contribution in [2.24, 2.45) is 5.92 Å². The maximum Gasteiger partial charge on any atom is 0.167 e. The van der Waals surface area contributed by atoms with Crippen LogP contribution in [0.25, 0.3) is 0 Å². The Bertz CT molecular complexity index is 470. The van der Waals surface area contributed by atoms with Crippen LogP contribution in [0, 0.1) is 19.8 Å². The van der Waals surface area contributed by atoms with Crippen LogP contribution in [-0.2, 0) is 4.74 Å². The Balaban J connectivity index is 2.24. The lowest BCUT2D eigenvalue weighted by Crippen LogP contribution is -2.19. The highest BCUT2D eigenvalue weighted by molar-refractivity contribution is 5.99.